The predicted octanol–water partition coefficient (Wildman–Crippen LogP) is 2.46. The molecule has 21 heavy (non-hydrogen) atoms. The second-order valence-corrected chi connectivity index (χ2v) is 5.04. The third kappa shape index (κ3) is 3.71. The summed E-state index contributed by atoms with van der Waals surface area (Å²) in [6.07, 6.45) is 0.257. The van der Waals surface area contributed by atoms with E-state index < -0.39 is 30.7 Å². The van der Waals surface area contributed by atoms with Gasteiger partial charge >= 0.3 is 12.1 Å². The third-order valence-corrected chi connectivity index (χ3v) is 3.69. The average molecular weight is 295 g/mol. The molecule has 1 N–H and O–H groups in total. The molecule has 1 amide bonds. The maximum Gasteiger partial charge on any atom is 0.410 e. The van der Waals surface area contributed by atoms with Crippen molar-refractivity contribution in [3.05, 3.63) is 35.9 Å². The first-order valence-corrected chi connectivity index (χ1v) is 6.89. The Bertz CT molecular complexity index is 494. The summed E-state index contributed by atoms with van der Waals surface area (Å²) in [5, 5.41) is 9.10. The van der Waals surface area contributed by atoms with E-state index in [1.54, 1.807) is 0 Å². The second kappa shape index (κ2) is 7.06. The SMILES string of the molecule is O=C(O)[C@@H]1CCCN(C(=O)OCc2ccccc2)[C@H]1CF. The molecule has 1 aromatic rings. The van der Waals surface area contributed by atoms with Crippen LogP contribution in [-0.2, 0) is 16.1 Å². The van der Waals surface area contributed by atoms with Gasteiger partial charge in [-0.3, -0.25) is 4.79 Å². The Morgan fingerprint density at radius 3 is 2.67 bits per heavy atom. The summed E-state index contributed by atoms with van der Waals surface area (Å²) in [6.45, 7) is -0.462. The molecule has 0 unspecified atom stereocenters. The molecule has 0 bridgehead atoms. The fourth-order valence-corrected chi connectivity index (χ4v) is 2.56. The molecule has 2 rings (SSSR count). The molecule has 6 heteroatoms. The summed E-state index contributed by atoms with van der Waals surface area (Å²) in [6, 6.07) is 8.20. The van der Waals surface area contributed by atoms with Crippen molar-refractivity contribution in [2.24, 2.45) is 5.92 Å². The van der Waals surface area contributed by atoms with E-state index in [0.29, 0.717) is 19.4 Å². The summed E-state index contributed by atoms with van der Waals surface area (Å²) in [4.78, 5) is 24.4. The van der Waals surface area contributed by atoms with Crippen molar-refractivity contribution in [1.29, 1.82) is 0 Å². The van der Waals surface area contributed by atoms with Gasteiger partial charge in [-0.15, -0.1) is 0 Å². The number of piperidine rings is 1. The van der Waals surface area contributed by atoms with Gasteiger partial charge in [-0.2, -0.15) is 0 Å². The lowest BCUT2D eigenvalue weighted by Gasteiger charge is -2.37. The number of amides is 1. The zero-order valence-corrected chi connectivity index (χ0v) is 11.6. The minimum atomic E-state index is -1.07. The maximum absolute atomic E-state index is 13.2. The number of aliphatic carboxylic acids is 1. The van der Waals surface area contributed by atoms with Gasteiger partial charge in [-0.1, -0.05) is 30.3 Å². The predicted molar refractivity (Wildman–Crippen MR) is 73.5 cm³/mol. The standard InChI is InChI=1S/C15H18FNO4/c16-9-13-12(14(18)19)7-4-8-17(13)15(20)21-10-11-5-2-1-3-6-11/h1-3,5-6,12-13H,4,7-10H2,(H,18,19)/t12-,13+/m1/s1. The van der Waals surface area contributed by atoms with E-state index in [1.807, 2.05) is 30.3 Å². The first-order valence-electron chi connectivity index (χ1n) is 6.89. The monoisotopic (exact) mass is 295 g/mol. The van der Waals surface area contributed by atoms with Crippen molar-refractivity contribution >= 4 is 12.1 Å². The summed E-state index contributed by atoms with van der Waals surface area (Å²) in [5.41, 5.74) is 0.828. The van der Waals surface area contributed by atoms with Crippen LogP contribution in [0, 0.1) is 5.92 Å². The molecule has 0 spiro atoms. The summed E-state index contributed by atoms with van der Waals surface area (Å²) in [7, 11) is 0. The van der Waals surface area contributed by atoms with Crippen LogP contribution in [-0.4, -0.2) is 41.3 Å². The van der Waals surface area contributed by atoms with Gasteiger partial charge in [0.1, 0.15) is 13.3 Å². The Balaban J connectivity index is 1.98. The highest BCUT2D eigenvalue weighted by Gasteiger charge is 2.39. The number of carbonyl (C=O) groups is 2. The van der Waals surface area contributed by atoms with Crippen LogP contribution >= 0.6 is 0 Å². The van der Waals surface area contributed by atoms with Crippen molar-refractivity contribution in [2.75, 3.05) is 13.2 Å². The number of likely N-dealkylation sites (tertiary alicyclic amines) is 1. The lowest BCUT2D eigenvalue weighted by atomic mass is 9.90. The fourth-order valence-electron chi connectivity index (χ4n) is 2.56. The number of benzene rings is 1. The van der Waals surface area contributed by atoms with Gasteiger partial charge in [0, 0.05) is 6.54 Å². The zero-order chi connectivity index (χ0) is 15.2. The first-order chi connectivity index (χ1) is 10.1. The topological polar surface area (TPSA) is 66.8 Å². The second-order valence-electron chi connectivity index (χ2n) is 5.04. The number of carbonyl (C=O) groups excluding carboxylic acids is 1. The molecule has 1 heterocycles. The van der Waals surface area contributed by atoms with E-state index >= 15 is 0 Å². The Hall–Kier alpha value is -2.11. The molecule has 1 aliphatic rings. The molecular formula is C15H18FNO4. The van der Waals surface area contributed by atoms with Crippen LogP contribution in [0.2, 0.25) is 0 Å². The smallest absolute Gasteiger partial charge is 0.410 e. The van der Waals surface area contributed by atoms with Gasteiger partial charge in [-0.25, -0.2) is 9.18 Å². The number of carboxylic acids is 1. The minimum absolute atomic E-state index is 0.0902. The van der Waals surface area contributed by atoms with E-state index in [0.717, 1.165) is 5.56 Å². The number of carboxylic acid groups (broad SMARTS) is 1. The molecule has 2 atom stereocenters. The number of hydrogen-bond acceptors (Lipinski definition) is 3. The number of hydrogen-bond donors (Lipinski definition) is 1. The number of halogens is 1. The van der Waals surface area contributed by atoms with Crippen molar-refractivity contribution in [3.63, 3.8) is 0 Å². The number of alkyl halides is 1. The van der Waals surface area contributed by atoms with Gasteiger partial charge in [0.2, 0.25) is 0 Å². The van der Waals surface area contributed by atoms with Crippen LogP contribution in [0.1, 0.15) is 18.4 Å². The van der Waals surface area contributed by atoms with Crippen molar-refractivity contribution < 1.29 is 23.8 Å². The van der Waals surface area contributed by atoms with E-state index in [4.69, 9.17) is 9.84 Å². The summed E-state index contributed by atoms with van der Waals surface area (Å²) < 4.78 is 18.3. The quantitative estimate of drug-likeness (QED) is 0.926. The molecule has 1 aliphatic heterocycles. The molecule has 1 aromatic carbocycles. The van der Waals surface area contributed by atoms with Gasteiger partial charge < -0.3 is 14.7 Å². The van der Waals surface area contributed by atoms with Crippen LogP contribution in [0.4, 0.5) is 9.18 Å². The lowest BCUT2D eigenvalue weighted by molar-refractivity contribution is -0.145. The Morgan fingerprint density at radius 1 is 1.33 bits per heavy atom. The molecule has 1 fully saturated rings. The average Bonchev–Trinajstić information content (AvgIpc) is 2.52. The fraction of sp³-hybridized carbons (Fsp3) is 0.467. The van der Waals surface area contributed by atoms with E-state index in [2.05, 4.69) is 0 Å². The van der Waals surface area contributed by atoms with Gasteiger partial charge in [-0.05, 0) is 18.4 Å². The first kappa shape index (κ1) is 15.3. The summed E-state index contributed by atoms with van der Waals surface area (Å²) in [5.74, 6) is -1.94. The van der Waals surface area contributed by atoms with E-state index in [1.165, 1.54) is 4.90 Å². The molecule has 0 radical (unpaired) electrons. The minimum Gasteiger partial charge on any atom is -0.481 e. The van der Waals surface area contributed by atoms with Gasteiger partial charge in [0.15, 0.2) is 0 Å². The number of nitrogens with zero attached hydrogens (tertiary/aromatic N) is 1. The molecule has 0 aromatic heterocycles. The van der Waals surface area contributed by atoms with Crippen LogP contribution in [0.15, 0.2) is 30.3 Å². The largest absolute Gasteiger partial charge is 0.481 e. The van der Waals surface area contributed by atoms with Crippen molar-refractivity contribution in [1.82, 2.24) is 4.90 Å². The maximum atomic E-state index is 13.2. The molecule has 0 saturated carbocycles. The van der Waals surface area contributed by atoms with E-state index in [9.17, 15) is 14.0 Å². The van der Waals surface area contributed by atoms with Gasteiger partial charge in [0.05, 0.1) is 12.0 Å². The van der Waals surface area contributed by atoms with E-state index in [-0.39, 0.29) is 6.61 Å². The van der Waals surface area contributed by atoms with Crippen molar-refractivity contribution in [3.8, 4) is 0 Å². The molecule has 5 nitrogen and oxygen atoms in total. The van der Waals surface area contributed by atoms with Gasteiger partial charge in [0.25, 0.3) is 0 Å². The highest BCUT2D eigenvalue weighted by molar-refractivity contribution is 5.74. The number of ether oxygens (including phenoxy) is 1. The van der Waals surface area contributed by atoms with Crippen LogP contribution in [0.3, 0.4) is 0 Å². The Morgan fingerprint density at radius 2 is 2.05 bits per heavy atom. The normalized spacial score (nSPS) is 21.9. The van der Waals surface area contributed by atoms with Crippen LogP contribution in [0.25, 0.3) is 0 Å². The highest BCUT2D eigenvalue weighted by Crippen LogP contribution is 2.25. The summed E-state index contributed by atoms with van der Waals surface area (Å²) >= 11 is 0. The van der Waals surface area contributed by atoms with Crippen LogP contribution in [0.5, 0.6) is 0 Å². The third-order valence-electron chi connectivity index (χ3n) is 3.69. The van der Waals surface area contributed by atoms with Crippen LogP contribution < -0.4 is 0 Å². The molecule has 1 saturated heterocycles. The Labute approximate surface area is 122 Å². The molecular weight excluding hydrogens is 277 g/mol. The highest BCUT2D eigenvalue weighted by atomic mass is 19.1. The zero-order valence-electron chi connectivity index (χ0n) is 11.6. The van der Waals surface area contributed by atoms with Crippen molar-refractivity contribution in [2.45, 2.75) is 25.5 Å². The molecule has 114 valence electrons. The Kier molecular flexibility index (Phi) is 5.14. The number of rotatable bonds is 4. The molecule has 0 aliphatic carbocycles. The lowest BCUT2D eigenvalue weighted by Crippen LogP contribution is -2.52.